The van der Waals surface area contributed by atoms with Gasteiger partial charge < -0.3 is 9.80 Å². The fraction of sp³-hybridized carbons (Fsp3) is 0.409. The van der Waals surface area contributed by atoms with E-state index in [2.05, 4.69) is 4.72 Å². The Labute approximate surface area is 187 Å². The largest absolute Gasteiger partial charge is 0.361 e. The van der Waals surface area contributed by atoms with Crippen LogP contribution in [0.4, 0.5) is 15.8 Å². The van der Waals surface area contributed by atoms with Crippen molar-refractivity contribution in [2.45, 2.75) is 37.0 Å². The third kappa shape index (κ3) is 4.36. The highest BCUT2D eigenvalue weighted by Gasteiger charge is 2.37. The van der Waals surface area contributed by atoms with E-state index in [1.54, 1.807) is 12.1 Å². The van der Waals surface area contributed by atoms with E-state index >= 15 is 0 Å². The van der Waals surface area contributed by atoms with Crippen molar-refractivity contribution in [2.24, 2.45) is 0 Å². The maximum Gasteiger partial charge on any atom is 0.261 e. The van der Waals surface area contributed by atoms with Crippen LogP contribution in [-0.2, 0) is 20.2 Å². The summed E-state index contributed by atoms with van der Waals surface area (Å²) in [4.78, 5) is 16.7. The van der Waals surface area contributed by atoms with E-state index in [0.29, 0.717) is 6.54 Å². The highest BCUT2D eigenvalue weighted by atomic mass is 35.5. The summed E-state index contributed by atoms with van der Waals surface area (Å²) in [5, 5.41) is -0.159. The molecule has 0 unspecified atom stereocenters. The van der Waals surface area contributed by atoms with Crippen LogP contribution in [0.2, 0.25) is 5.02 Å². The number of nitrogens with zero attached hydrogens (tertiary/aromatic N) is 2. The first-order chi connectivity index (χ1) is 14.6. The first kappa shape index (κ1) is 21.9. The second-order valence-corrected chi connectivity index (χ2v) is 10.8. The summed E-state index contributed by atoms with van der Waals surface area (Å²) in [5.74, 6) is -0.514. The molecule has 4 rings (SSSR count). The number of halogens is 2. The predicted octanol–water partition coefficient (Wildman–Crippen LogP) is 4.00. The number of benzene rings is 2. The number of sulfonamides is 1. The van der Waals surface area contributed by atoms with Gasteiger partial charge in [-0.2, -0.15) is 0 Å². The topological polar surface area (TPSA) is 69.7 Å². The Hall–Kier alpha value is -2.32. The lowest BCUT2D eigenvalue weighted by molar-refractivity contribution is -0.128. The highest BCUT2D eigenvalue weighted by Crippen LogP contribution is 2.41. The minimum Gasteiger partial charge on any atom is -0.361 e. The maximum atomic E-state index is 13.4. The second kappa shape index (κ2) is 7.98. The van der Waals surface area contributed by atoms with Gasteiger partial charge in [-0.15, -0.1) is 0 Å². The molecule has 0 aromatic heterocycles. The molecular weight excluding hydrogens is 441 g/mol. The second-order valence-electron chi connectivity index (χ2n) is 8.74. The van der Waals surface area contributed by atoms with E-state index in [4.69, 9.17) is 11.6 Å². The van der Waals surface area contributed by atoms with Crippen molar-refractivity contribution >= 4 is 38.9 Å². The molecule has 2 aliphatic rings. The van der Waals surface area contributed by atoms with Crippen LogP contribution in [0.25, 0.3) is 0 Å². The molecule has 0 atom stereocenters. The van der Waals surface area contributed by atoms with Gasteiger partial charge in [-0.05, 0) is 54.8 Å². The number of likely N-dealkylation sites (tertiary alicyclic amines) is 1. The number of fused-ring (bicyclic) bond motifs is 1. The summed E-state index contributed by atoms with van der Waals surface area (Å²) >= 11 is 5.76. The molecule has 166 valence electrons. The SMILES string of the molecule is CC1(C)CN(CC(=O)N2CCCC2)c2ccc(S(=O)(=O)Nc3ccc(F)c(Cl)c3)cc21. The third-order valence-corrected chi connectivity index (χ3v) is 7.56. The number of anilines is 2. The van der Waals surface area contributed by atoms with E-state index in [9.17, 15) is 17.6 Å². The van der Waals surface area contributed by atoms with Crippen molar-refractivity contribution in [2.75, 3.05) is 35.8 Å². The number of rotatable bonds is 5. The summed E-state index contributed by atoms with van der Waals surface area (Å²) in [6.45, 7) is 6.60. The molecular formula is C22H25ClFN3O3S. The zero-order chi connectivity index (χ0) is 22.4. The summed E-state index contributed by atoms with van der Waals surface area (Å²) in [7, 11) is -3.89. The van der Waals surface area contributed by atoms with E-state index in [1.807, 2.05) is 23.6 Å². The standard InChI is InChI=1S/C22H25ClFN3O3S/c1-22(2)14-27(13-21(28)26-9-3-4-10-26)20-8-6-16(12-17(20)22)31(29,30)25-15-5-7-19(24)18(23)11-15/h5-8,11-12,25H,3-4,9-10,13-14H2,1-2H3. The lowest BCUT2D eigenvalue weighted by Gasteiger charge is -2.24. The Balaban J connectivity index is 1.59. The Morgan fingerprint density at radius 1 is 1.16 bits per heavy atom. The normalized spacial score (nSPS) is 17.7. The number of amides is 1. The van der Waals surface area contributed by atoms with Gasteiger partial charge in [0.05, 0.1) is 22.2 Å². The summed E-state index contributed by atoms with van der Waals surface area (Å²) in [5.41, 5.74) is 1.62. The van der Waals surface area contributed by atoms with Gasteiger partial charge in [0.25, 0.3) is 10.0 Å². The van der Waals surface area contributed by atoms with Crippen LogP contribution in [-0.4, -0.2) is 45.4 Å². The Morgan fingerprint density at radius 3 is 2.55 bits per heavy atom. The number of carbonyl (C=O) groups is 1. The first-order valence-corrected chi connectivity index (χ1v) is 12.1. The molecule has 1 saturated heterocycles. The fourth-order valence-corrected chi connectivity index (χ4v) is 5.55. The van der Waals surface area contributed by atoms with E-state index < -0.39 is 15.8 Å². The van der Waals surface area contributed by atoms with Crippen LogP contribution in [0.15, 0.2) is 41.3 Å². The van der Waals surface area contributed by atoms with Crippen LogP contribution in [0, 0.1) is 5.82 Å². The van der Waals surface area contributed by atoms with Gasteiger partial charge in [-0.3, -0.25) is 9.52 Å². The van der Waals surface area contributed by atoms with Gasteiger partial charge >= 0.3 is 0 Å². The first-order valence-electron chi connectivity index (χ1n) is 10.2. The molecule has 0 spiro atoms. The van der Waals surface area contributed by atoms with E-state index in [-0.39, 0.29) is 33.5 Å². The average Bonchev–Trinajstić information content (AvgIpc) is 3.32. The fourth-order valence-electron chi connectivity index (χ4n) is 4.29. The summed E-state index contributed by atoms with van der Waals surface area (Å²) in [6.07, 6.45) is 2.09. The van der Waals surface area contributed by atoms with Gasteiger partial charge in [0.1, 0.15) is 5.82 Å². The van der Waals surface area contributed by atoms with Crippen molar-refractivity contribution < 1.29 is 17.6 Å². The Kier molecular flexibility index (Phi) is 5.64. The van der Waals surface area contributed by atoms with Gasteiger partial charge in [0.15, 0.2) is 0 Å². The molecule has 1 amide bonds. The van der Waals surface area contributed by atoms with Crippen LogP contribution < -0.4 is 9.62 Å². The lowest BCUT2D eigenvalue weighted by Crippen LogP contribution is -2.40. The number of hydrogen-bond acceptors (Lipinski definition) is 4. The van der Waals surface area contributed by atoms with Crippen LogP contribution in [0.5, 0.6) is 0 Å². The third-order valence-electron chi connectivity index (χ3n) is 5.89. The zero-order valence-corrected chi connectivity index (χ0v) is 19.1. The molecule has 1 N–H and O–H groups in total. The van der Waals surface area contributed by atoms with Crippen molar-refractivity contribution in [1.29, 1.82) is 0 Å². The van der Waals surface area contributed by atoms with Gasteiger partial charge in [0, 0.05) is 30.7 Å². The van der Waals surface area contributed by atoms with Crippen LogP contribution >= 0.6 is 11.6 Å². The quantitative estimate of drug-likeness (QED) is 0.724. The molecule has 9 heteroatoms. The molecule has 6 nitrogen and oxygen atoms in total. The molecule has 1 fully saturated rings. The average molecular weight is 466 g/mol. The van der Waals surface area contributed by atoms with Gasteiger partial charge in [-0.1, -0.05) is 25.4 Å². The van der Waals surface area contributed by atoms with Crippen molar-refractivity contribution in [1.82, 2.24) is 4.90 Å². The smallest absolute Gasteiger partial charge is 0.261 e. The molecule has 2 aromatic rings. The maximum absolute atomic E-state index is 13.4. The minimum atomic E-state index is -3.89. The Bertz CT molecular complexity index is 1130. The predicted molar refractivity (Wildman–Crippen MR) is 120 cm³/mol. The van der Waals surface area contributed by atoms with Crippen molar-refractivity contribution in [3.05, 3.63) is 52.8 Å². The minimum absolute atomic E-state index is 0.104. The Morgan fingerprint density at radius 2 is 1.87 bits per heavy atom. The molecule has 31 heavy (non-hydrogen) atoms. The molecule has 0 aliphatic carbocycles. The molecule has 2 aliphatic heterocycles. The molecule has 0 bridgehead atoms. The molecule has 0 radical (unpaired) electrons. The zero-order valence-electron chi connectivity index (χ0n) is 17.5. The molecule has 0 saturated carbocycles. The number of nitrogens with one attached hydrogen (secondary N) is 1. The summed E-state index contributed by atoms with van der Waals surface area (Å²) < 4.78 is 41.7. The lowest BCUT2D eigenvalue weighted by atomic mass is 9.87. The summed E-state index contributed by atoms with van der Waals surface area (Å²) in [6, 6.07) is 8.61. The number of hydrogen-bond donors (Lipinski definition) is 1. The molecule has 2 heterocycles. The van der Waals surface area contributed by atoms with Gasteiger partial charge in [-0.25, -0.2) is 12.8 Å². The van der Waals surface area contributed by atoms with Crippen LogP contribution in [0.1, 0.15) is 32.3 Å². The monoisotopic (exact) mass is 465 g/mol. The van der Waals surface area contributed by atoms with E-state index in [0.717, 1.165) is 43.2 Å². The highest BCUT2D eigenvalue weighted by molar-refractivity contribution is 7.92. The van der Waals surface area contributed by atoms with Crippen molar-refractivity contribution in [3.8, 4) is 0 Å². The van der Waals surface area contributed by atoms with E-state index in [1.165, 1.54) is 18.2 Å². The molecule has 2 aromatic carbocycles. The van der Waals surface area contributed by atoms with Gasteiger partial charge in [0.2, 0.25) is 5.91 Å². The van der Waals surface area contributed by atoms with Crippen LogP contribution in [0.3, 0.4) is 0 Å². The van der Waals surface area contributed by atoms with Crippen molar-refractivity contribution in [3.63, 3.8) is 0 Å². The number of carbonyl (C=O) groups excluding carboxylic acids is 1.